The van der Waals surface area contributed by atoms with Crippen molar-refractivity contribution in [3.05, 3.63) is 100 Å². The first-order valence-electron chi connectivity index (χ1n) is 14.8. The van der Waals surface area contributed by atoms with E-state index in [4.69, 9.17) is 14.2 Å². The molecule has 11 nitrogen and oxygen atoms in total. The Morgan fingerprint density at radius 3 is 2.35 bits per heavy atom. The van der Waals surface area contributed by atoms with Crippen LogP contribution in [0.3, 0.4) is 0 Å². The van der Waals surface area contributed by atoms with Crippen molar-refractivity contribution in [1.29, 1.82) is 0 Å². The molecule has 0 bridgehead atoms. The van der Waals surface area contributed by atoms with Gasteiger partial charge < -0.3 is 34.0 Å². The van der Waals surface area contributed by atoms with E-state index in [0.717, 1.165) is 55.3 Å². The lowest BCUT2D eigenvalue weighted by atomic mass is 10.1. The Hall–Kier alpha value is -4.98. The molecule has 0 unspecified atom stereocenters. The number of rotatable bonds is 11. The molecule has 1 fully saturated rings. The van der Waals surface area contributed by atoms with Gasteiger partial charge in [-0.25, -0.2) is 0 Å². The molecule has 3 aromatic carbocycles. The van der Waals surface area contributed by atoms with Gasteiger partial charge in [-0.2, -0.15) is 0 Å². The number of nitro groups is 1. The second-order valence-corrected chi connectivity index (χ2v) is 11.1. The predicted molar refractivity (Wildman–Crippen MR) is 161 cm³/mol. The number of benzene rings is 3. The number of ether oxygens (including phenoxy) is 4. The van der Waals surface area contributed by atoms with Crippen LogP contribution in [0.25, 0.3) is 0 Å². The zero-order valence-corrected chi connectivity index (χ0v) is 24.8. The van der Waals surface area contributed by atoms with Crippen LogP contribution < -0.4 is 23.8 Å². The van der Waals surface area contributed by atoms with E-state index < -0.39 is 11.3 Å². The minimum Gasteiger partial charge on any atom is -0.490 e. The smallest absolute Gasteiger partial charge is 0.490 e. The first-order valence-corrected chi connectivity index (χ1v) is 14.8. The second kappa shape index (κ2) is 13.6. The summed E-state index contributed by atoms with van der Waals surface area (Å²) < 4.78 is 60.3. The van der Waals surface area contributed by atoms with E-state index in [1.165, 1.54) is 18.3 Å². The van der Waals surface area contributed by atoms with Crippen LogP contribution in [0.2, 0.25) is 0 Å². The number of nitrogens with zero attached hydrogens (tertiary/aromatic N) is 5. The summed E-state index contributed by atoms with van der Waals surface area (Å²) in [6.07, 6.45) is -2.90. The Kier molecular flexibility index (Phi) is 9.15. The fraction of sp³-hybridized carbons (Fsp3) is 0.344. The van der Waals surface area contributed by atoms with Crippen LogP contribution in [-0.4, -0.2) is 64.6 Å². The molecule has 6 rings (SSSR count). The molecule has 46 heavy (non-hydrogen) atoms. The summed E-state index contributed by atoms with van der Waals surface area (Å²) in [5, 5.41) is 11.0. The first-order chi connectivity index (χ1) is 22.2. The molecule has 1 saturated heterocycles. The summed E-state index contributed by atoms with van der Waals surface area (Å²) >= 11 is 0. The van der Waals surface area contributed by atoms with E-state index in [9.17, 15) is 23.3 Å². The Morgan fingerprint density at radius 1 is 0.891 bits per heavy atom. The van der Waals surface area contributed by atoms with Crippen LogP contribution in [0.5, 0.6) is 23.3 Å². The monoisotopic (exact) mass is 639 g/mol. The average molecular weight is 640 g/mol. The van der Waals surface area contributed by atoms with Crippen molar-refractivity contribution in [1.82, 2.24) is 14.5 Å². The number of alkyl halides is 3. The largest absolute Gasteiger partial charge is 0.573 e. The summed E-state index contributed by atoms with van der Waals surface area (Å²) in [5.74, 6) is 0.928. The summed E-state index contributed by atoms with van der Waals surface area (Å²) in [6, 6.07) is 21.7. The van der Waals surface area contributed by atoms with Gasteiger partial charge in [0.25, 0.3) is 0 Å². The summed E-state index contributed by atoms with van der Waals surface area (Å²) in [5.41, 5.74) is 2.96. The number of fused-ring (bicyclic) bond motifs is 1. The van der Waals surface area contributed by atoms with Gasteiger partial charge in [0.1, 0.15) is 42.8 Å². The minimum atomic E-state index is -4.72. The highest BCUT2D eigenvalue weighted by molar-refractivity contribution is 5.49. The number of hydrogen-bond acceptors (Lipinski definition) is 9. The average Bonchev–Trinajstić information content (AvgIpc) is 3.48. The van der Waals surface area contributed by atoms with E-state index in [-0.39, 0.29) is 30.3 Å². The Balaban J connectivity index is 0.928. The molecule has 2 aliphatic rings. The highest BCUT2D eigenvalue weighted by Gasteiger charge is 2.31. The van der Waals surface area contributed by atoms with Gasteiger partial charge in [-0.15, -0.1) is 13.2 Å². The SMILES string of the molecule is O=[N+]([O-])c1cn2c(n1)O[C@H](COc1ccc(N3CCN(Cc4cccc(OCc5ccc(OC(F)(F)F)cc5)c4)CC3)cc1)CC2. The standard InChI is InChI=1S/C32H32F3N5O6/c33-32(34,35)46-27-8-4-23(5-9-27)21-43-28-3-1-2-24(18-28)19-37-14-16-38(17-15-37)25-6-10-26(11-7-25)44-22-29-12-13-39-20-30(40(41)42)36-31(39)45-29/h1-11,18,20,29H,12-17,19,21-22H2/t29-/m0/s1. The van der Waals surface area contributed by atoms with Gasteiger partial charge in [0.15, 0.2) is 0 Å². The number of hydrogen-bond donors (Lipinski definition) is 0. The molecule has 2 aliphatic heterocycles. The molecular weight excluding hydrogens is 607 g/mol. The molecule has 14 heteroatoms. The highest BCUT2D eigenvalue weighted by Crippen LogP contribution is 2.27. The second-order valence-electron chi connectivity index (χ2n) is 11.1. The molecule has 0 amide bonds. The normalized spacial score (nSPS) is 16.8. The molecular formula is C32H32F3N5O6. The lowest BCUT2D eigenvalue weighted by molar-refractivity contribution is -0.389. The minimum absolute atomic E-state index is 0.224. The Bertz CT molecular complexity index is 1620. The van der Waals surface area contributed by atoms with Crippen molar-refractivity contribution in [2.45, 2.75) is 38.6 Å². The Morgan fingerprint density at radius 2 is 1.63 bits per heavy atom. The maximum atomic E-state index is 12.4. The molecule has 0 spiro atoms. The van der Waals surface area contributed by atoms with Crippen molar-refractivity contribution >= 4 is 11.5 Å². The van der Waals surface area contributed by atoms with Crippen LogP contribution in [0, 0.1) is 10.1 Å². The number of halogens is 3. The van der Waals surface area contributed by atoms with Crippen molar-refractivity contribution in [3.63, 3.8) is 0 Å². The van der Waals surface area contributed by atoms with Gasteiger partial charge in [-0.05, 0) is 64.6 Å². The molecule has 0 saturated carbocycles. The van der Waals surface area contributed by atoms with Crippen molar-refractivity contribution in [2.75, 3.05) is 37.7 Å². The molecule has 4 aromatic rings. The van der Waals surface area contributed by atoms with Gasteiger partial charge in [0, 0.05) is 56.4 Å². The molecule has 1 atom stereocenters. The number of aromatic nitrogens is 2. The third kappa shape index (κ3) is 8.18. The third-order valence-corrected chi connectivity index (χ3v) is 7.76. The van der Waals surface area contributed by atoms with E-state index in [1.807, 2.05) is 42.5 Å². The first kappa shape index (κ1) is 31.0. The van der Waals surface area contributed by atoms with Crippen LogP contribution in [-0.2, 0) is 19.7 Å². The Labute approximate surface area is 262 Å². The summed E-state index contributed by atoms with van der Waals surface area (Å²) in [4.78, 5) is 19.1. The van der Waals surface area contributed by atoms with E-state index >= 15 is 0 Å². The zero-order chi connectivity index (χ0) is 32.1. The quantitative estimate of drug-likeness (QED) is 0.148. The number of piperazine rings is 1. The molecule has 3 heterocycles. The van der Waals surface area contributed by atoms with Crippen LogP contribution in [0.4, 0.5) is 24.7 Å². The van der Waals surface area contributed by atoms with Crippen molar-refractivity contribution in [3.8, 4) is 23.3 Å². The number of imidazole rings is 1. The number of aryl methyl sites for hydroxylation is 1. The van der Waals surface area contributed by atoms with Crippen LogP contribution in [0.15, 0.2) is 79.0 Å². The molecule has 0 N–H and O–H groups in total. The van der Waals surface area contributed by atoms with Gasteiger partial charge in [-0.1, -0.05) is 24.3 Å². The van der Waals surface area contributed by atoms with E-state index in [1.54, 1.807) is 16.7 Å². The number of anilines is 1. The highest BCUT2D eigenvalue weighted by atomic mass is 19.4. The van der Waals surface area contributed by atoms with Crippen LogP contribution >= 0.6 is 0 Å². The predicted octanol–water partition coefficient (Wildman–Crippen LogP) is 5.82. The zero-order valence-electron chi connectivity index (χ0n) is 24.8. The van der Waals surface area contributed by atoms with E-state index in [2.05, 4.69) is 25.6 Å². The fourth-order valence-corrected chi connectivity index (χ4v) is 5.39. The molecule has 242 valence electrons. The maximum absolute atomic E-state index is 12.4. The van der Waals surface area contributed by atoms with Crippen molar-refractivity contribution in [2.24, 2.45) is 0 Å². The van der Waals surface area contributed by atoms with Crippen LogP contribution in [0.1, 0.15) is 17.5 Å². The van der Waals surface area contributed by atoms with Gasteiger partial charge in [0.2, 0.25) is 0 Å². The van der Waals surface area contributed by atoms with E-state index in [0.29, 0.717) is 25.3 Å². The summed E-state index contributed by atoms with van der Waals surface area (Å²) in [6.45, 7) is 5.44. The van der Waals surface area contributed by atoms with Gasteiger partial charge in [0.05, 0.1) is 0 Å². The molecule has 0 radical (unpaired) electrons. The third-order valence-electron chi connectivity index (χ3n) is 7.76. The molecule has 1 aromatic heterocycles. The molecule has 0 aliphatic carbocycles. The lowest BCUT2D eigenvalue weighted by Crippen LogP contribution is -2.45. The topological polar surface area (TPSA) is 104 Å². The fourth-order valence-electron chi connectivity index (χ4n) is 5.39. The van der Waals surface area contributed by atoms with Gasteiger partial charge >= 0.3 is 18.2 Å². The van der Waals surface area contributed by atoms with Gasteiger partial charge in [-0.3, -0.25) is 9.47 Å². The van der Waals surface area contributed by atoms with Crippen molar-refractivity contribution < 1.29 is 37.0 Å². The summed E-state index contributed by atoms with van der Waals surface area (Å²) in [7, 11) is 0. The maximum Gasteiger partial charge on any atom is 0.573 e. The lowest BCUT2D eigenvalue weighted by Gasteiger charge is -2.36.